The van der Waals surface area contributed by atoms with Crippen LogP contribution in [-0.4, -0.2) is 235 Å². The summed E-state index contributed by atoms with van der Waals surface area (Å²) in [6.45, 7) is -3.01. The zero-order valence-corrected chi connectivity index (χ0v) is 43.1. The molecule has 442 valence electrons. The minimum Gasteiger partial charge on any atom is -0.508 e. The molecule has 4 heterocycles. The van der Waals surface area contributed by atoms with Gasteiger partial charge in [-0.3, -0.25) is 9.59 Å². The first-order chi connectivity index (χ1) is 38.6. The normalized spacial score (nSPS) is 34.1. The van der Waals surface area contributed by atoms with Gasteiger partial charge in [-0.15, -0.1) is 0 Å². The van der Waals surface area contributed by atoms with Crippen LogP contribution >= 0.6 is 0 Å². The van der Waals surface area contributed by atoms with Crippen LogP contribution in [0.25, 0.3) is 12.2 Å². The van der Waals surface area contributed by atoms with Crippen molar-refractivity contribution in [2.75, 3.05) is 33.0 Å². The quantitative estimate of drug-likeness (QED) is 0.0291. The third kappa shape index (κ3) is 15.5. The number of esters is 5. The van der Waals surface area contributed by atoms with Crippen LogP contribution in [0.4, 0.5) is 0 Å². The molecule has 0 spiro atoms. The second-order valence-electron chi connectivity index (χ2n) is 18.9. The number of ether oxygens (including phenoxy) is 12. The lowest BCUT2D eigenvalue weighted by atomic mass is 9.95. The van der Waals surface area contributed by atoms with Crippen LogP contribution in [0.15, 0.2) is 91.0 Å². The largest absolute Gasteiger partial charge is 0.508 e. The van der Waals surface area contributed by atoms with Crippen molar-refractivity contribution < 1.29 is 137 Å². The first-order valence-electron chi connectivity index (χ1n) is 25.1. The third-order valence-corrected chi connectivity index (χ3v) is 13.1. The maximum absolute atomic E-state index is 14.0. The van der Waals surface area contributed by atoms with Crippen molar-refractivity contribution in [1.29, 1.82) is 0 Å². The molecule has 3 aromatic carbocycles. The van der Waals surface area contributed by atoms with Crippen molar-refractivity contribution in [3.63, 3.8) is 0 Å². The van der Waals surface area contributed by atoms with Gasteiger partial charge in [0.15, 0.2) is 31.1 Å². The highest BCUT2D eigenvalue weighted by molar-refractivity contribution is 5.90. The second kappa shape index (κ2) is 27.9. The Morgan fingerprint density at radius 1 is 0.519 bits per heavy atom. The number of hydrogen-bond acceptors (Lipinski definition) is 28. The van der Waals surface area contributed by atoms with E-state index in [1.165, 1.54) is 36.4 Å². The Bertz CT molecular complexity index is 2630. The van der Waals surface area contributed by atoms with Gasteiger partial charge < -0.3 is 113 Å². The Kier molecular flexibility index (Phi) is 21.4. The predicted octanol–water partition coefficient (Wildman–Crippen LogP) is -2.80. The van der Waals surface area contributed by atoms with Gasteiger partial charge in [-0.25, -0.2) is 14.4 Å². The summed E-state index contributed by atoms with van der Waals surface area (Å²) in [6.07, 6.45) is -33.3. The van der Waals surface area contributed by atoms with Crippen molar-refractivity contribution >= 4 is 42.0 Å². The van der Waals surface area contributed by atoms with Crippen LogP contribution in [0.2, 0.25) is 0 Å². The van der Waals surface area contributed by atoms with E-state index in [1.807, 2.05) is 0 Å². The molecule has 3 aromatic rings. The zero-order valence-electron chi connectivity index (χ0n) is 43.1. The number of phenols is 2. The van der Waals surface area contributed by atoms with Gasteiger partial charge in [0.05, 0.1) is 18.8 Å². The lowest BCUT2D eigenvalue weighted by Gasteiger charge is -2.50. The molecule has 4 aliphatic heterocycles. The molecule has 81 heavy (non-hydrogen) atoms. The molecule has 0 aliphatic carbocycles. The Morgan fingerprint density at radius 2 is 1.02 bits per heavy atom. The lowest BCUT2D eigenvalue weighted by molar-refractivity contribution is -0.421. The number of aromatic hydroxyl groups is 2. The minimum absolute atomic E-state index is 0.0924. The van der Waals surface area contributed by atoms with Crippen molar-refractivity contribution in [2.24, 2.45) is 0 Å². The molecule has 28 heteroatoms. The van der Waals surface area contributed by atoms with E-state index in [2.05, 4.69) is 0 Å². The van der Waals surface area contributed by atoms with Crippen molar-refractivity contribution in [3.8, 4) is 11.5 Å². The van der Waals surface area contributed by atoms with Gasteiger partial charge in [-0.2, -0.15) is 0 Å². The molecular formula is C53H62O28. The summed E-state index contributed by atoms with van der Waals surface area (Å²) in [6, 6.07) is 18.3. The molecule has 0 bridgehead atoms. The summed E-state index contributed by atoms with van der Waals surface area (Å²) >= 11 is 0. The molecule has 0 saturated carbocycles. The molecule has 11 N–H and O–H groups in total. The van der Waals surface area contributed by atoms with E-state index in [9.17, 15) is 80.1 Å². The van der Waals surface area contributed by atoms with Crippen molar-refractivity contribution in [2.45, 2.75) is 130 Å². The number of phenolic OH excluding ortho intramolecular Hbond substituents is 2. The van der Waals surface area contributed by atoms with Crippen LogP contribution in [-0.2, 0) is 76.0 Å². The van der Waals surface area contributed by atoms with Crippen LogP contribution in [0.1, 0.15) is 35.3 Å². The summed E-state index contributed by atoms with van der Waals surface area (Å²) in [5, 5.41) is 119. The molecule has 0 aromatic heterocycles. The number of benzene rings is 3. The van der Waals surface area contributed by atoms with E-state index in [0.717, 1.165) is 50.3 Å². The van der Waals surface area contributed by atoms with Crippen molar-refractivity contribution in [1.82, 2.24) is 0 Å². The third-order valence-electron chi connectivity index (χ3n) is 13.1. The van der Waals surface area contributed by atoms with Crippen molar-refractivity contribution in [3.05, 3.63) is 108 Å². The van der Waals surface area contributed by atoms with Gasteiger partial charge >= 0.3 is 29.8 Å². The maximum atomic E-state index is 14.0. The summed E-state index contributed by atoms with van der Waals surface area (Å²) in [5.74, 6) is -8.74. The van der Waals surface area contributed by atoms with Gasteiger partial charge in [-0.05, 0) is 59.7 Å². The average Bonchev–Trinajstić information content (AvgIpc) is 3.51. The first kappa shape index (κ1) is 62.1. The topological polar surface area (TPSA) is 419 Å². The van der Waals surface area contributed by atoms with E-state index in [-0.39, 0.29) is 17.1 Å². The van der Waals surface area contributed by atoms with Gasteiger partial charge in [0.25, 0.3) is 0 Å². The standard InChI is InChI=1S/C53H62O28/c1-25(56)70-22-34-39(63)42(66)44(68)51(74-34)77-46-45(76-37(61)19-11-27-6-4-3-5-7-27)35(23-71-26(2)57)75-52(47(46)78-50-43(67)41(65)38(62)32(20-54)73-50)81-53(24-72-36(60)18-10-28-8-14-30(58)15-9-28)48(40(64)33(21-55)80-53)79-49(69)29-12-16-31(59)17-13-29/h3-19,32-35,38-48,50-52,54-55,58-59,62-68H,20-24H2,1-2H3/b18-10-,19-11-/t32-,33-,34-,35+,38+,39+,40+,41-,42-,43+,44+,45+,46-,47+,48-,50+,51-,52+,53+/m0/s1. The second-order valence-corrected chi connectivity index (χ2v) is 18.9. The van der Waals surface area contributed by atoms with E-state index < -0.39 is 179 Å². The number of rotatable bonds is 21. The fourth-order valence-corrected chi connectivity index (χ4v) is 8.85. The number of carbonyl (C=O) groups is 5. The number of aliphatic hydroxyl groups is 9. The Balaban J connectivity index is 1.39. The Morgan fingerprint density at radius 3 is 1.60 bits per heavy atom. The Hall–Kier alpha value is -6.55. The summed E-state index contributed by atoms with van der Waals surface area (Å²) in [4.78, 5) is 66.1. The highest BCUT2D eigenvalue weighted by Gasteiger charge is 2.64. The SMILES string of the molecule is CC(=O)OC[C@@H]1O[C@@H](O[C@@H]2[C@@H](O[C@H]3O[C@@H](CO)[C@@H](O)[C@H](O)[C@H]3O)[C@@H](O[C@@]3(COC(=O)/C=C\c4ccc(O)cc4)O[C@@H](CO)[C@@H](O)[C@@H]3OC(=O)c3ccc(O)cc3)O[C@H](COC(C)=O)[C@H]2OC(=O)/C=C\c2ccccc2)[C@H](O)[C@@H](O)[C@@H]1O. The first-order valence-corrected chi connectivity index (χ1v) is 25.1. The van der Waals surface area contributed by atoms with E-state index in [0.29, 0.717) is 11.1 Å². The number of carbonyl (C=O) groups excluding carboxylic acids is 5. The molecule has 7 rings (SSSR count). The molecule has 4 saturated heterocycles. The van der Waals surface area contributed by atoms with E-state index >= 15 is 0 Å². The summed E-state index contributed by atoms with van der Waals surface area (Å²) in [5.41, 5.74) is 0.623. The molecule has 28 nitrogen and oxygen atoms in total. The highest BCUT2D eigenvalue weighted by atomic mass is 16.8. The van der Waals surface area contributed by atoms with Crippen LogP contribution in [0, 0.1) is 0 Å². The molecule has 0 radical (unpaired) electrons. The molecule has 4 aliphatic rings. The predicted molar refractivity (Wildman–Crippen MR) is 265 cm³/mol. The molecule has 0 unspecified atom stereocenters. The van der Waals surface area contributed by atoms with Gasteiger partial charge in [0.2, 0.25) is 5.79 Å². The lowest BCUT2D eigenvalue weighted by Crippen LogP contribution is -2.69. The smallest absolute Gasteiger partial charge is 0.338 e. The minimum atomic E-state index is -2.95. The maximum Gasteiger partial charge on any atom is 0.338 e. The van der Waals surface area contributed by atoms with Gasteiger partial charge in [0, 0.05) is 26.0 Å². The summed E-state index contributed by atoms with van der Waals surface area (Å²) in [7, 11) is 0. The fourth-order valence-electron chi connectivity index (χ4n) is 8.85. The molecule has 0 amide bonds. The van der Waals surface area contributed by atoms with E-state index in [4.69, 9.17) is 56.8 Å². The zero-order chi connectivity index (χ0) is 58.7. The monoisotopic (exact) mass is 1150 g/mol. The molecule has 4 fully saturated rings. The average molecular weight is 1150 g/mol. The highest BCUT2D eigenvalue weighted by Crippen LogP contribution is 2.42. The molecule has 19 atom stereocenters. The number of hydrogen-bond donors (Lipinski definition) is 11. The molecular weight excluding hydrogens is 1080 g/mol. The Labute approximate surface area is 460 Å². The van der Waals surface area contributed by atoms with Crippen LogP contribution in [0.5, 0.6) is 11.5 Å². The van der Waals surface area contributed by atoms with Crippen LogP contribution in [0.3, 0.4) is 0 Å². The van der Waals surface area contributed by atoms with Crippen LogP contribution < -0.4 is 0 Å². The van der Waals surface area contributed by atoms with Gasteiger partial charge in [-0.1, -0.05) is 42.5 Å². The summed E-state index contributed by atoms with van der Waals surface area (Å²) < 4.78 is 71.2. The fraction of sp³-hybridized carbons (Fsp3) is 0.491. The number of aliphatic hydroxyl groups excluding tert-OH is 9. The van der Waals surface area contributed by atoms with Gasteiger partial charge in [0.1, 0.15) is 111 Å². The van der Waals surface area contributed by atoms with E-state index in [1.54, 1.807) is 30.3 Å².